The first kappa shape index (κ1) is 16.9. The topological polar surface area (TPSA) is 89.2 Å². The van der Waals surface area contributed by atoms with Crippen molar-refractivity contribution < 1.29 is 9.90 Å². The molecule has 0 aliphatic heterocycles. The molecule has 1 unspecified atom stereocenters. The standard InChI is InChI=1S/C16H19BrN4O3/c1-20-8-11(15(23)12(17)9-20)16(24)19-13-5-10(6-14(13)22)7-21-4-2-3-18-21/h2-4,8-10,13-14,22H,5-7H2,1H3,(H,19,24)/t10?,13-,14-/m1/s1. The van der Waals surface area contributed by atoms with E-state index >= 15 is 0 Å². The second-order valence-corrected chi connectivity index (χ2v) is 7.08. The van der Waals surface area contributed by atoms with Crippen LogP contribution in [0.15, 0.2) is 40.1 Å². The predicted molar refractivity (Wildman–Crippen MR) is 91.6 cm³/mol. The minimum Gasteiger partial charge on any atom is -0.391 e. The number of rotatable bonds is 4. The molecule has 1 aliphatic carbocycles. The van der Waals surface area contributed by atoms with Crippen LogP contribution in [0, 0.1) is 5.92 Å². The van der Waals surface area contributed by atoms with Gasteiger partial charge in [-0.05, 0) is 40.8 Å². The first-order chi connectivity index (χ1) is 11.4. The van der Waals surface area contributed by atoms with E-state index < -0.39 is 12.0 Å². The summed E-state index contributed by atoms with van der Waals surface area (Å²) in [4.78, 5) is 24.5. The number of nitrogens with one attached hydrogen (secondary N) is 1. The summed E-state index contributed by atoms with van der Waals surface area (Å²) in [5, 5.41) is 17.2. The monoisotopic (exact) mass is 394 g/mol. The lowest BCUT2D eigenvalue weighted by molar-refractivity contribution is 0.0871. The van der Waals surface area contributed by atoms with Gasteiger partial charge < -0.3 is 15.0 Å². The van der Waals surface area contributed by atoms with Gasteiger partial charge in [0.05, 0.1) is 16.6 Å². The number of hydrogen-bond acceptors (Lipinski definition) is 4. The second kappa shape index (κ2) is 6.90. The van der Waals surface area contributed by atoms with Gasteiger partial charge in [-0.1, -0.05) is 0 Å². The van der Waals surface area contributed by atoms with Gasteiger partial charge in [-0.15, -0.1) is 0 Å². The molecule has 0 saturated heterocycles. The highest BCUT2D eigenvalue weighted by molar-refractivity contribution is 9.10. The SMILES string of the molecule is Cn1cc(Br)c(=O)c(C(=O)N[C@@H]2CC(Cn3cccn3)C[C@H]2O)c1. The van der Waals surface area contributed by atoms with Crippen LogP contribution in [-0.2, 0) is 13.6 Å². The zero-order chi connectivity index (χ0) is 17.3. The molecule has 8 heteroatoms. The van der Waals surface area contributed by atoms with Gasteiger partial charge in [-0.2, -0.15) is 5.10 Å². The van der Waals surface area contributed by atoms with Gasteiger partial charge >= 0.3 is 0 Å². The van der Waals surface area contributed by atoms with E-state index in [0.29, 0.717) is 23.9 Å². The highest BCUT2D eigenvalue weighted by Gasteiger charge is 2.34. The Kier molecular flexibility index (Phi) is 4.86. The van der Waals surface area contributed by atoms with Gasteiger partial charge in [0.15, 0.2) is 0 Å². The van der Waals surface area contributed by atoms with Gasteiger partial charge in [0, 0.05) is 38.4 Å². The van der Waals surface area contributed by atoms with Crippen LogP contribution >= 0.6 is 15.9 Å². The van der Waals surface area contributed by atoms with E-state index in [9.17, 15) is 14.7 Å². The van der Waals surface area contributed by atoms with E-state index in [-0.39, 0.29) is 23.0 Å². The number of aryl methyl sites for hydroxylation is 1. The van der Waals surface area contributed by atoms with Gasteiger partial charge in [0.25, 0.3) is 5.91 Å². The number of hydrogen-bond donors (Lipinski definition) is 2. The van der Waals surface area contributed by atoms with E-state index in [1.54, 1.807) is 24.0 Å². The molecular weight excluding hydrogens is 376 g/mol. The number of aromatic nitrogens is 3. The molecule has 1 fully saturated rings. The Labute approximate surface area is 147 Å². The molecule has 1 amide bonds. The minimum atomic E-state index is -0.620. The number of halogens is 1. The summed E-state index contributed by atoms with van der Waals surface area (Å²) in [6.07, 6.45) is 7.32. The molecule has 3 atom stereocenters. The van der Waals surface area contributed by atoms with Crippen LogP contribution in [0.25, 0.3) is 0 Å². The average molecular weight is 395 g/mol. The summed E-state index contributed by atoms with van der Waals surface area (Å²) in [5.74, 6) is -0.226. The highest BCUT2D eigenvalue weighted by atomic mass is 79.9. The number of amides is 1. The average Bonchev–Trinajstić information content (AvgIpc) is 3.13. The first-order valence-electron chi connectivity index (χ1n) is 7.76. The van der Waals surface area contributed by atoms with Crippen LogP contribution in [0.1, 0.15) is 23.2 Å². The van der Waals surface area contributed by atoms with Gasteiger partial charge in [-0.3, -0.25) is 14.3 Å². The maximum atomic E-state index is 12.4. The molecule has 0 spiro atoms. The Morgan fingerprint density at radius 1 is 1.46 bits per heavy atom. The number of carbonyl (C=O) groups is 1. The fraction of sp³-hybridized carbons (Fsp3) is 0.438. The van der Waals surface area contributed by atoms with Crippen molar-refractivity contribution in [2.75, 3.05) is 0 Å². The normalized spacial score (nSPS) is 23.4. The highest BCUT2D eigenvalue weighted by Crippen LogP contribution is 2.27. The molecule has 24 heavy (non-hydrogen) atoms. The summed E-state index contributed by atoms with van der Waals surface area (Å²) >= 11 is 3.16. The van der Waals surface area contributed by atoms with Crippen LogP contribution in [0.4, 0.5) is 0 Å². The second-order valence-electron chi connectivity index (χ2n) is 6.23. The zero-order valence-electron chi connectivity index (χ0n) is 13.2. The van der Waals surface area contributed by atoms with Crippen molar-refractivity contribution in [3.05, 3.63) is 51.1 Å². The van der Waals surface area contributed by atoms with Crippen LogP contribution in [0.2, 0.25) is 0 Å². The van der Waals surface area contributed by atoms with Crippen molar-refractivity contribution in [2.24, 2.45) is 13.0 Å². The summed E-state index contributed by atoms with van der Waals surface area (Å²) in [7, 11) is 1.74. The van der Waals surface area contributed by atoms with Crippen molar-refractivity contribution in [1.82, 2.24) is 19.7 Å². The number of carbonyl (C=O) groups excluding carboxylic acids is 1. The maximum absolute atomic E-state index is 12.4. The summed E-state index contributed by atoms with van der Waals surface area (Å²) in [6.45, 7) is 0.703. The van der Waals surface area contributed by atoms with E-state index in [0.717, 1.165) is 0 Å². The quantitative estimate of drug-likeness (QED) is 0.806. The third kappa shape index (κ3) is 3.59. The minimum absolute atomic E-state index is 0.0644. The Bertz CT molecular complexity index is 787. The largest absolute Gasteiger partial charge is 0.391 e. The maximum Gasteiger partial charge on any atom is 0.257 e. The third-order valence-corrected chi connectivity index (χ3v) is 4.87. The van der Waals surface area contributed by atoms with Crippen molar-refractivity contribution in [2.45, 2.75) is 31.5 Å². The molecular formula is C16H19BrN4O3. The van der Waals surface area contributed by atoms with Gasteiger partial charge in [0.2, 0.25) is 5.43 Å². The van der Waals surface area contributed by atoms with Crippen LogP contribution < -0.4 is 10.7 Å². The van der Waals surface area contributed by atoms with Crippen molar-refractivity contribution >= 4 is 21.8 Å². The molecule has 7 nitrogen and oxygen atoms in total. The first-order valence-corrected chi connectivity index (χ1v) is 8.55. The Morgan fingerprint density at radius 3 is 2.96 bits per heavy atom. The van der Waals surface area contributed by atoms with Crippen molar-refractivity contribution in [1.29, 1.82) is 0 Å². The molecule has 2 heterocycles. The fourth-order valence-electron chi connectivity index (χ4n) is 3.17. The molecule has 0 bridgehead atoms. The summed E-state index contributed by atoms with van der Waals surface area (Å²) < 4.78 is 3.80. The lowest BCUT2D eigenvalue weighted by Gasteiger charge is -2.16. The van der Waals surface area contributed by atoms with Crippen LogP contribution in [-0.4, -0.2) is 37.5 Å². The van der Waals surface area contributed by atoms with Crippen molar-refractivity contribution in [3.8, 4) is 0 Å². The molecule has 1 aliphatic rings. The Hall–Kier alpha value is -1.93. The summed E-state index contributed by atoms with van der Waals surface area (Å²) in [6, 6.07) is 1.50. The van der Waals surface area contributed by atoms with Gasteiger partial charge in [-0.25, -0.2) is 0 Å². The molecule has 2 aromatic heterocycles. The number of aliphatic hydroxyl groups is 1. The molecule has 2 N–H and O–H groups in total. The van der Waals surface area contributed by atoms with Crippen molar-refractivity contribution in [3.63, 3.8) is 0 Å². The third-order valence-electron chi connectivity index (χ3n) is 4.30. The molecule has 1 saturated carbocycles. The smallest absolute Gasteiger partial charge is 0.257 e. The van der Waals surface area contributed by atoms with E-state index in [1.807, 2.05) is 16.9 Å². The molecule has 0 radical (unpaired) electrons. The molecule has 3 rings (SSSR count). The number of nitrogens with zero attached hydrogens (tertiary/aromatic N) is 3. The molecule has 2 aromatic rings. The molecule has 128 valence electrons. The van der Waals surface area contributed by atoms with E-state index in [2.05, 4.69) is 26.3 Å². The van der Waals surface area contributed by atoms with E-state index in [4.69, 9.17) is 0 Å². The predicted octanol–water partition coefficient (Wildman–Crippen LogP) is 0.914. The van der Waals surface area contributed by atoms with Gasteiger partial charge in [0.1, 0.15) is 5.56 Å². The fourth-order valence-corrected chi connectivity index (χ4v) is 3.71. The van der Waals surface area contributed by atoms with Crippen LogP contribution in [0.3, 0.4) is 0 Å². The van der Waals surface area contributed by atoms with E-state index in [1.165, 1.54) is 6.20 Å². The Balaban J connectivity index is 1.67. The number of pyridine rings is 1. The van der Waals surface area contributed by atoms with Crippen LogP contribution in [0.5, 0.6) is 0 Å². The summed E-state index contributed by atoms with van der Waals surface area (Å²) in [5.41, 5.74) is -0.291. The lowest BCUT2D eigenvalue weighted by Crippen LogP contribution is -2.41. The zero-order valence-corrected chi connectivity index (χ0v) is 14.8. The Morgan fingerprint density at radius 2 is 2.25 bits per heavy atom. The lowest BCUT2D eigenvalue weighted by atomic mass is 10.1. The molecule has 0 aromatic carbocycles. The number of aliphatic hydroxyl groups excluding tert-OH is 1.